The normalized spacial score (nSPS) is 12.3. The van der Waals surface area contributed by atoms with Crippen LogP contribution in [0.15, 0.2) is 59.1 Å². The first-order valence-electron chi connectivity index (χ1n) is 6.46. The Kier molecular flexibility index (Phi) is 3.31. The van der Waals surface area contributed by atoms with Crippen molar-refractivity contribution in [2.45, 2.75) is 13.0 Å². The van der Waals surface area contributed by atoms with E-state index in [1.165, 1.54) is 0 Å². The summed E-state index contributed by atoms with van der Waals surface area (Å²) in [5.74, 6) is 0.999. The average molecular weight is 265 g/mol. The highest BCUT2D eigenvalue weighted by atomic mass is 16.5. The molecule has 0 bridgehead atoms. The van der Waals surface area contributed by atoms with E-state index < -0.39 is 6.04 Å². The molecule has 0 fully saturated rings. The molecule has 100 valence electrons. The Balaban J connectivity index is 1.93. The highest BCUT2D eigenvalue weighted by Gasteiger charge is 2.17. The number of nitrogens with two attached hydrogens (primary N) is 1. The van der Waals surface area contributed by atoms with Crippen LogP contribution in [0.1, 0.15) is 23.1 Å². The lowest BCUT2D eigenvalue weighted by atomic mass is 10.1. The van der Waals surface area contributed by atoms with Crippen LogP contribution < -0.4 is 5.73 Å². The zero-order chi connectivity index (χ0) is 13.9. The maximum Gasteiger partial charge on any atom is 0.248 e. The summed E-state index contributed by atoms with van der Waals surface area (Å²) in [5, 5.41) is 4.03. The molecule has 0 spiro atoms. The van der Waals surface area contributed by atoms with Crippen molar-refractivity contribution < 1.29 is 4.52 Å². The fourth-order valence-electron chi connectivity index (χ4n) is 2.10. The molecule has 0 aliphatic heterocycles. The first-order chi connectivity index (χ1) is 9.75. The van der Waals surface area contributed by atoms with Crippen LogP contribution in [0.5, 0.6) is 0 Å². The summed E-state index contributed by atoms with van der Waals surface area (Å²) in [6, 6.07) is 17.2. The third-order valence-corrected chi connectivity index (χ3v) is 3.25. The number of hydrogen-bond donors (Lipinski definition) is 1. The van der Waals surface area contributed by atoms with Gasteiger partial charge in [0.1, 0.15) is 6.04 Å². The molecular formula is C16H15N3O. The molecule has 1 unspecified atom stereocenters. The predicted molar refractivity (Wildman–Crippen MR) is 76.9 cm³/mol. The fourth-order valence-corrected chi connectivity index (χ4v) is 2.10. The lowest BCUT2D eigenvalue weighted by molar-refractivity contribution is 0.367. The lowest BCUT2D eigenvalue weighted by Gasteiger charge is -2.05. The van der Waals surface area contributed by atoms with Gasteiger partial charge >= 0.3 is 0 Å². The van der Waals surface area contributed by atoms with Crippen molar-refractivity contribution in [3.05, 3.63) is 71.6 Å². The molecule has 0 saturated carbocycles. The van der Waals surface area contributed by atoms with Crippen LogP contribution in [-0.2, 0) is 0 Å². The monoisotopic (exact) mass is 265 g/mol. The molecule has 2 aromatic carbocycles. The van der Waals surface area contributed by atoms with Gasteiger partial charge in [0.2, 0.25) is 11.7 Å². The van der Waals surface area contributed by atoms with Gasteiger partial charge in [-0.2, -0.15) is 4.98 Å². The van der Waals surface area contributed by atoms with E-state index in [1.807, 2.05) is 61.5 Å². The van der Waals surface area contributed by atoms with Crippen LogP contribution in [-0.4, -0.2) is 10.1 Å². The van der Waals surface area contributed by atoms with Crippen molar-refractivity contribution in [2.24, 2.45) is 5.73 Å². The molecule has 0 aliphatic carbocycles. The maximum absolute atomic E-state index is 6.15. The standard InChI is InChI=1S/C16H15N3O/c1-11-7-5-6-10-13(11)15-18-16(20-19-15)14(17)12-8-3-2-4-9-12/h2-10,14H,17H2,1H3. The van der Waals surface area contributed by atoms with Gasteiger partial charge in [-0.25, -0.2) is 0 Å². The minimum Gasteiger partial charge on any atom is -0.337 e. The first-order valence-corrected chi connectivity index (χ1v) is 6.46. The highest BCUT2D eigenvalue weighted by Crippen LogP contribution is 2.23. The quantitative estimate of drug-likeness (QED) is 0.790. The molecule has 0 saturated heterocycles. The van der Waals surface area contributed by atoms with E-state index in [0.29, 0.717) is 11.7 Å². The Hall–Kier alpha value is -2.46. The molecule has 0 radical (unpaired) electrons. The van der Waals surface area contributed by atoms with Gasteiger partial charge in [-0.1, -0.05) is 59.8 Å². The van der Waals surface area contributed by atoms with Crippen molar-refractivity contribution in [1.29, 1.82) is 0 Å². The zero-order valence-electron chi connectivity index (χ0n) is 11.2. The Morgan fingerprint density at radius 1 is 1.00 bits per heavy atom. The molecule has 4 nitrogen and oxygen atoms in total. The number of aromatic nitrogens is 2. The summed E-state index contributed by atoms with van der Waals surface area (Å²) in [6.07, 6.45) is 0. The topological polar surface area (TPSA) is 64.9 Å². The minimum absolute atomic E-state index is 0.401. The second-order valence-electron chi connectivity index (χ2n) is 4.66. The molecule has 20 heavy (non-hydrogen) atoms. The molecule has 0 amide bonds. The Morgan fingerprint density at radius 2 is 1.70 bits per heavy atom. The van der Waals surface area contributed by atoms with Crippen LogP contribution in [0.2, 0.25) is 0 Å². The molecule has 1 aromatic heterocycles. The van der Waals surface area contributed by atoms with Gasteiger partial charge < -0.3 is 10.3 Å². The molecule has 1 atom stereocenters. The Morgan fingerprint density at radius 3 is 2.45 bits per heavy atom. The molecule has 2 N–H and O–H groups in total. The van der Waals surface area contributed by atoms with Gasteiger partial charge in [0.25, 0.3) is 0 Å². The van der Waals surface area contributed by atoms with Gasteiger partial charge in [0, 0.05) is 5.56 Å². The average Bonchev–Trinajstić information content (AvgIpc) is 2.97. The van der Waals surface area contributed by atoms with Crippen molar-refractivity contribution in [3.8, 4) is 11.4 Å². The molecule has 0 aliphatic rings. The summed E-state index contributed by atoms with van der Waals surface area (Å²) < 4.78 is 5.30. The van der Waals surface area contributed by atoms with E-state index in [1.54, 1.807) is 0 Å². The third-order valence-electron chi connectivity index (χ3n) is 3.25. The van der Waals surface area contributed by atoms with E-state index in [-0.39, 0.29) is 0 Å². The molecule has 3 rings (SSSR count). The number of rotatable bonds is 3. The van der Waals surface area contributed by atoms with Gasteiger partial charge in [-0.05, 0) is 18.1 Å². The number of benzene rings is 2. The largest absolute Gasteiger partial charge is 0.337 e. The van der Waals surface area contributed by atoms with Crippen LogP contribution in [0.25, 0.3) is 11.4 Å². The second-order valence-corrected chi connectivity index (χ2v) is 4.66. The molecule has 3 aromatic rings. The summed E-state index contributed by atoms with van der Waals surface area (Å²) in [6.45, 7) is 2.02. The summed E-state index contributed by atoms with van der Waals surface area (Å²) in [5.41, 5.74) is 9.17. The van der Waals surface area contributed by atoms with E-state index >= 15 is 0 Å². The Bertz CT molecular complexity index is 707. The smallest absolute Gasteiger partial charge is 0.248 e. The summed E-state index contributed by atoms with van der Waals surface area (Å²) in [4.78, 5) is 4.41. The highest BCUT2D eigenvalue weighted by molar-refractivity contribution is 5.59. The van der Waals surface area contributed by atoms with E-state index in [9.17, 15) is 0 Å². The minimum atomic E-state index is -0.401. The predicted octanol–water partition coefficient (Wildman–Crippen LogP) is 3.09. The van der Waals surface area contributed by atoms with Crippen molar-refractivity contribution in [1.82, 2.24) is 10.1 Å². The van der Waals surface area contributed by atoms with Crippen LogP contribution in [0.3, 0.4) is 0 Å². The number of aryl methyl sites for hydroxylation is 1. The Labute approximate surface area is 117 Å². The molecular weight excluding hydrogens is 250 g/mol. The lowest BCUT2D eigenvalue weighted by Crippen LogP contribution is -2.11. The van der Waals surface area contributed by atoms with Crippen LogP contribution in [0, 0.1) is 6.92 Å². The second kappa shape index (κ2) is 5.27. The van der Waals surface area contributed by atoms with Gasteiger partial charge in [-0.3, -0.25) is 0 Å². The SMILES string of the molecule is Cc1ccccc1-c1noc(C(N)c2ccccc2)n1. The van der Waals surface area contributed by atoms with E-state index in [2.05, 4.69) is 10.1 Å². The van der Waals surface area contributed by atoms with E-state index in [0.717, 1.165) is 16.7 Å². The van der Waals surface area contributed by atoms with Crippen LogP contribution >= 0.6 is 0 Å². The van der Waals surface area contributed by atoms with Crippen molar-refractivity contribution in [2.75, 3.05) is 0 Å². The zero-order valence-corrected chi connectivity index (χ0v) is 11.2. The first kappa shape index (κ1) is 12.6. The van der Waals surface area contributed by atoms with Crippen LogP contribution in [0.4, 0.5) is 0 Å². The summed E-state index contributed by atoms with van der Waals surface area (Å²) >= 11 is 0. The van der Waals surface area contributed by atoms with E-state index in [4.69, 9.17) is 10.3 Å². The molecule has 1 heterocycles. The summed E-state index contributed by atoms with van der Waals surface area (Å²) in [7, 11) is 0. The van der Waals surface area contributed by atoms with Crippen molar-refractivity contribution in [3.63, 3.8) is 0 Å². The number of hydrogen-bond acceptors (Lipinski definition) is 4. The fraction of sp³-hybridized carbons (Fsp3) is 0.125. The van der Waals surface area contributed by atoms with Gasteiger partial charge in [0.05, 0.1) is 0 Å². The van der Waals surface area contributed by atoms with Gasteiger partial charge in [0.15, 0.2) is 0 Å². The third kappa shape index (κ3) is 2.33. The maximum atomic E-state index is 6.15. The van der Waals surface area contributed by atoms with Crippen molar-refractivity contribution >= 4 is 0 Å². The molecule has 4 heteroatoms. The number of nitrogens with zero attached hydrogens (tertiary/aromatic N) is 2. The van der Waals surface area contributed by atoms with Gasteiger partial charge in [-0.15, -0.1) is 0 Å².